The number of ether oxygens (including phenoxy) is 1. The van der Waals surface area contributed by atoms with Crippen molar-refractivity contribution in [3.8, 4) is 0 Å². The number of hydrogen-bond acceptors (Lipinski definition) is 3. The molecule has 2 unspecified atom stereocenters. The number of benzene rings is 1. The SMILES string of the molecule is CCC1OCCC1CNC(=O)c1cc(Br)ccc1N. The molecule has 1 saturated heterocycles. The van der Waals surface area contributed by atoms with Crippen molar-refractivity contribution in [2.75, 3.05) is 18.9 Å². The van der Waals surface area contributed by atoms with Crippen molar-refractivity contribution in [3.63, 3.8) is 0 Å². The Kier molecular flexibility index (Phi) is 4.82. The predicted molar refractivity (Wildman–Crippen MR) is 79.0 cm³/mol. The van der Waals surface area contributed by atoms with E-state index in [1.807, 2.05) is 6.07 Å². The van der Waals surface area contributed by atoms with E-state index in [4.69, 9.17) is 10.5 Å². The molecule has 0 radical (unpaired) electrons. The molecule has 2 rings (SSSR count). The third-order valence-corrected chi connectivity index (χ3v) is 4.03. The molecule has 1 aromatic carbocycles. The molecule has 4 nitrogen and oxygen atoms in total. The molecule has 0 aliphatic carbocycles. The van der Waals surface area contributed by atoms with E-state index in [1.165, 1.54) is 0 Å². The van der Waals surface area contributed by atoms with Crippen LogP contribution in [0.5, 0.6) is 0 Å². The first kappa shape index (κ1) is 14.3. The van der Waals surface area contributed by atoms with Crippen LogP contribution in [0.1, 0.15) is 30.1 Å². The van der Waals surface area contributed by atoms with Crippen molar-refractivity contribution >= 4 is 27.5 Å². The standard InChI is InChI=1S/C14H19BrN2O2/c1-2-13-9(5-6-19-13)8-17-14(18)11-7-10(15)3-4-12(11)16/h3-4,7,9,13H,2,5-6,8,16H2,1H3,(H,17,18). The van der Waals surface area contributed by atoms with Crippen molar-refractivity contribution < 1.29 is 9.53 Å². The molecule has 3 N–H and O–H groups in total. The van der Waals surface area contributed by atoms with Crippen LogP contribution in [0.2, 0.25) is 0 Å². The average molecular weight is 327 g/mol. The number of halogens is 1. The molecule has 19 heavy (non-hydrogen) atoms. The lowest BCUT2D eigenvalue weighted by Gasteiger charge is -2.17. The van der Waals surface area contributed by atoms with Crippen molar-refractivity contribution in [1.82, 2.24) is 5.32 Å². The highest BCUT2D eigenvalue weighted by atomic mass is 79.9. The fourth-order valence-corrected chi connectivity index (χ4v) is 2.78. The molecular formula is C14H19BrN2O2. The second-order valence-corrected chi connectivity index (χ2v) is 5.72. The van der Waals surface area contributed by atoms with Gasteiger partial charge in [0.1, 0.15) is 0 Å². The molecule has 0 spiro atoms. The molecular weight excluding hydrogens is 308 g/mol. The topological polar surface area (TPSA) is 64.3 Å². The third-order valence-electron chi connectivity index (χ3n) is 3.53. The van der Waals surface area contributed by atoms with E-state index >= 15 is 0 Å². The summed E-state index contributed by atoms with van der Waals surface area (Å²) in [5.74, 6) is 0.280. The van der Waals surface area contributed by atoms with Gasteiger partial charge in [-0.3, -0.25) is 4.79 Å². The van der Waals surface area contributed by atoms with Gasteiger partial charge in [-0.15, -0.1) is 0 Å². The molecule has 1 aliphatic heterocycles. The second-order valence-electron chi connectivity index (χ2n) is 4.81. The zero-order valence-corrected chi connectivity index (χ0v) is 12.6. The van der Waals surface area contributed by atoms with Gasteiger partial charge in [0.25, 0.3) is 5.91 Å². The Hall–Kier alpha value is -1.07. The highest BCUT2D eigenvalue weighted by Crippen LogP contribution is 2.23. The van der Waals surface area contributed by atoms with Gasteiger partial charge in [-0.05, 0) is 31.0 Å². The van der Waals surface area contributed by atoms with E-state index in [0.29, 0.717) is 23.7 Å². The van der Waals surface area contributed by atoms with Crippen LogP contribution in [0.4, 0.5) is 5.69 Å². The minimum absolute atomic E-state index is 0.124. The Morgan fingerprint density at radius 1 is 1.58 bits per heavy atom. The Morgan fingerprint density at radius 2 is 2.37 bits per heavy atom. The zero-order chi connectivity index (χ0) is 13.8. The summed E-state index contributed by atoms with van der Waals surface area (Å²) >= 11 is 3.35. The average Bonchev–Trinajstić information content (AvgIpc) is 2.86. The molecule has 0 aromatic heterocycles. The quantitative estimate of drug-likeness (QED) is 0.836. The van der Waals surface area contributed by atoms with Crippen LogP contribution in [-0.2, 0) is 4.74 Å². The van der Waals surface area contributed by atoms with Crippen LogP contribution in [0, 0.1) is 5.92 Å². The van der Waals surface area contributed by atoms with Crippen LogP contribution >= 0.6 is 15.9 Å². The van der Waals surface area contributed by atoms with Crippen LogP contribution in [0.25, 0.3) is 0 Å². The van der Waals surface area contributed by atoms with Gasteiger partial charge in [0.15, 0.2) is 0 Å². The second kappa shape index (κ2) is 6.39. The van der Waals surface area contributed by atoms with E-state index in [0.717, 1.165) is 23.9 Å². The Morgan fingerprint density at radius 3 is 3.11 bits per heavy atom. The summed E-state index contributed by atoms with van der Waals surface area (Å²) in [6, 6.07) is 5.30. The van der Waals surface area contributed by atoms with Gasteiger partial charge >= 0.3 is 0 Å². The van der Waals surface area contributed by atoms with Gasteiger partial charge in [-0.25, -0.2) is 0 Å². The molecule has 5 heteroatoms. The van der Waals surface area contributed by atoms with E-state index in [2.05, 4.69) is 28.2 Å². The van der Waals surface area contributed by atoms with Crippen molar-refractivity contribution in [2.45, 2.75) is 25.9 Å². The predicted octanol–water partition coefficient (Wildman–Crippen LogP) is 2.58. The molecule has 1 fully saturated rings. The van der Waals surface area contributed by atoms with Crippen LogP contribution in [-0.4, -0.2) is 25.2 Å². The highest BCUT2D eigenvalue weighted by molar-refractivity contribution is 9.10. The molecule has 0 bridgehead atoms. The monoisotopic (exact) mass is 326 g/mol. The molecule has 1 heterocycles. The van der Waals surface area contributed by atoms with Gasteiger partial charge < -0.3 is 15.8 Å². The number of carbonyl (C=O) groups is 1. The van der Waals surface area contributed by atoms with E-state index in [1.54, 1.807) is 12.1 Å². The number of nitrogens with one attached hydrogen (secondary N) is 1. The highest BCUT2D eigenvalue weighted by Gasteiger charge is 2.27. The maximum atomic E-state index is 12.1. The first-order chi connectivity index (χ1) is 9.11. The maximum absolute atomic E-state index is 12.1. The lowest BCUT2D eigenvalue weighted by molar-refractivity contribution is 0.0827. The fraction of sp³-hybridized carbons (Fsp3) is 0.500. The number of hydrogen-bond donors (Lipinski definition) is 2. The van der Waals surface area contributed by atoms with Gasteiger partial charge in [-0.2, -0.15) is 0 Å². The number of carbonyl (C=O) groups excluding carboxylic acids is 1. The smallest absolute Gasteiger partial charge is 0.253 e. The lowest BCUT2D eigenvalue weighted by atomic mass is 9.99. The third kappa shape index (κ3) is 3.48. The normalized spacial score (nSPS) is 22.4. The van der Waals surface area contributed by atoms with E-state index in [-0.39, 0.29) is 12.0 Å². The van der Waals surface area contributed by atoms with Gasteiger partial charge in [0.2, 0.25) is 0 Å². The Balaban J connectivity index is 1.96. The molecule has 1 aliphatic rings. The maximum Gasteiger partial charge on any atom is 0.253 e. The van der Waals surface area contributed by atoms with Gasteiger partial charge in [0.05, 0.1) is 11.7 Å². The van der Waals surface area contributed by atoms with Crippen molar-refractivity contribution in [3.05, 3.63) is 28.2 Å². The lowest BCUT2D eigenvalue weighted by Crippen LogP contribution is -2.33. The number of rotatable bonds is 4. The number of amides is 1. The Labute approximate surface area is 121 Å². The summed E-state index contributed by atoms with van der Waals surface area (Å²) in [7, 11) is 0. The van der Waals surface area contributed by atoms with E-state index in [9.17, 15) is 4.79 Å². The summed E-state index contributed by atoms with van der Waals surface area (Å²) in [6.45, 7) is 3.54. The number of nitrogens with two attached hydrogens (primary N) is 1. The van der Waals surface area contributed by atoms with Gasteiger partial charge in [-0.1, -0.05) is 22.9 Å². The molecule has 1 amide bonds. The van der Waals surface area contributed by atoms with E-state index < -0.39 is 0 Å². The number of anilines is 1. The molecule has 2 atom stereocenters. The minimum atomic E-state index is -0.124. The summed E-state index contributed by atoms with van der Waals surface area (Å²) in [5.41, 5.74) is 6.83. The largest absolute Gasteiger partial charge is 0.398 e. The minimum Gasteiger partial charge on any atom is -0.398 e. The molecule has 0 saturated carbocycles. The van der Waals surface area contributed by atoms with Crippen molar-refractivity contribution in [2.24, 2.45) is 5.92 Å². The van der Waals surface area contributed by atoms with Gasteiger partial charge in [0, 0.05) is 29.2 Å². The van der Waals surface area contributed by atoms with Crippen molar-refractivity contribution in [1.29, 1.82) is 0 Å². The number of nitrogen functional groups attached to an aromatic ring is 1. The zero-order valence-electron chi connectivity index (χ0n) is 11.0. The summed E-state index contributed by atoms with van der Waals surface area (Å²) in [5, 5.41) is 2.95. The fourth-order valence-electron chi connectivity index (χ4n) is 2.42. The molecule has 1 aromatic rings. The first-order valence-electron chi connectivity index (χ1n) is 6.56. The summed E-state index contributed by atoms with van der Waals surface area (Å²) in [6.07, 6.45) is 2.26. The van der Waals surface area contributed by atoms with Crippen LogP contribution in [0.3, 0.4) is 0 Å². The summed E-state index contributed by atoms with van der Waals surface area (Å²) < 4.78 is 6.46. The molecule has 104 valence electrons. The Bertz CT molecular complexity index is 465. The van der Waals surface area contributed by atoms with Crippen LogP contribution < -0.4 is 11.1 Å². The van der Waals surface area contributed by atoms with Crippen LogP contribution in [0.15, 0.2) is 22.7 Å². The first-order valence-corrected chi connectivity index (χ1v) is 7.36. The summed E-state index contributed by atoms with van der Waals surface area (Å²) in [4.78, 5) is 12.1.